The molecule has 0 fully saturated rings. The number of allylic oxidation sites excluding steroid dienone is 1. The van der Waals surface area contributed by atoms with E-state index in [2.05, 4.69) is 24.1 Å². The molecule has 0 bridgehead atoms. The van der Waals surface area contributed by atoms with Crippen LogP contribution in [0, 0.1) is 0 Å². The lowest BCUT2D eigenvalue weighted by molar-refractivity contribution is 0.136. The zero-order valence-corrected chi connectivity index (χ0v) is 8.69. The molecule has 0 N–H and O–H groups in total. The SMILES string of the molecule is C=CCCCOCCc1cccs1. The summed E-state index contributed by atoms with van der Waals surface area (Å²) in [4.78, 5) is 1.41. The van der Waals surface area contributed by atoms with E-state index in [-0.39, 0.29) is 0 Å². The Kier molecular flexibility index (Phi) is 5.54. The first kappa shape index (κ1) is 10.5. The predicted octanol–water partition coefficient (Wildman–Crippen LogP) is 3.27. The summed E-state index contributed by atoms with van der Waals surface area (Å²) in [6.45, 7) is 5.37. The molecule has 0 amide bonds. The summed E-state index contributed by atoms with van der Waals surface area (Å²) in [5.41, 5.74) is 0. The molecular formula is C11H16OS. The first-order valence-electron chi connectivity index (χ1n) is 4.64. The molecule has 1 aromatic heterocycles. The van der Waals surface area contributed by atoms with Crippen LogP contribution in [0.2, 0.25) is 0 Å². The monoisotopic (exact) mass is 196 g/mol. The highest BCUT2D eigenvalue weighted by atomic mass is 32.1. The van der Waals surface area contributed by atoms with E-state index in [9.17, 15) is 0 Å². The number of ether oxygens (including phenoxy) is 1. The van der Waals surface area contributed by atoms with Gasteiger partial charge in [0.2, 0.25) is 0 Å². The number of hydrogen-bond donors (Lipinski definition) is 0. The Balaban J connectivity index is 1.93. The van der Waals surface area contributed by atoms with Crippen LogP contribution in [0.25, 0.3) is 0 Å². The van der Waals surface area contributed by atoms with E-state index in [0.29, 0.717) is 0 Å². The zero-order chi connectivity index (χ0) is 9.36. The van der Waals surface area contributed by atoms with Crippen LogP contribution in [0.1, 0.15) is 17.7 Å². The Hall–Kier alpha value is -0.600. The molecule has 1 rings (SSSR count). The first-order chi connectivity index (χ1) is 6.43. The van der Waals surface area contributed by atoms with Crippen molar-refractivity contribution >= 4 is 11.3 Å². The van der Waals surface area contributed by atoms with Gasteiger partial charge in [-0.25, -0.2) is 0 Å². The second-order valence-electron chi connectivity index (χ2n) is 2.87. The lowest BCUT2D eigenvalue weighted by atomic mass is 10.3. The highest BCUT2D eigenvalue weighted by Crippen LogP contribution is 2.08. The van der Waals surface area contributed by atoms with Crippen molar-refractivity contribution in [3.05, 3.63) is 35.0 Å². The predicted molar refractivity (Wildman–Crippen MR) is 58.3 cm³/mol. The molecule has 0 radical (unpaired) electrons. The quantitative estimate of drug-likeness (QED) is 0.480. The van der Waals surface area contributed by atoms with Crippen LogP contribution in [-0.2, 0) is 11.2 Å². The summed E-state index contributed by atoms with van der Waals surface area (Å²) in [5, 5.41) is 2.10. The number of rotatable bonds is 7. The number of unbranched alkanes of at least 4 members (excludes halogenated alkanes) is 1. The van der Waals surface area contributed by atoms with E-state index in [0.717, 1.165) is 32.5 Å². The van der Waals surface area contributed by atoms with E-state index in [1.165, 1.54) is 4.88 Å². The number of hydrogen-bond acceptors (Lipinski definition) is 2. The van der Waals surface area contributed by atoms with Crippen molar-refractivity contribution in [2.24, 2.45) is 0 Å². The normalized spacial score (nSPS) is 10.2. The van der Waals surface area contributed by atoms with Gasteiger partial charge in [0.15, 0.2) is 0 Å². The van der Waals surface area contributed by atoms with Crippen molar-refractivity contribution in [1.82, 2.24) is 0 Å². The van der Waals surface area contributed by atoms with Crippen LogP contribution in [0.5, 0.6) is 0 Å². The summed E-state index contributed by atoms with van der Waals surface area (Å²) in [6.07, 6.45) is 5.13. The standard InChI is InChI=1S/C11H16OS/c1-2-3-4-8-12-9-7-11-6-5-10-13-11/h2,5-6,10H,1,3-4,7-9H2. The molecule has 0 aliphatic carbocycles. The fourth-order valence-electron chi connectivity index (χ4n) is 1.06. The van der Waals surface area contributed by atoms with Gasteiger partial charge in [0.05, 0.1) is 6.61 Å². The fourth-order valence-corrected chi connectivity index (χ4v) is 1.75. The van der Waals surface area contributed by atoms with E-state index in [1.807, 2.05) is 6.08 Å². The molecular weight excluding hydrogens is 180 g/mol. The maximum Gasteiger partial charge on any atom is 0.0514 e. The fraction of sp³-hybridized carbons (Fsp3) is 0.455. The highest BCUT2D eigenvalue weighted by molar-refractivity contribution is 7.09. The van der Waals surface area contributed by atoms with Gasteiger partial charge in [-0.15, -0.1) is 17.9 Å². The lowest BCUT2D eigenvalue weighted by Gasteiger charge is -2.00. The summed E-state index contributed by atoms with van der Waals surface area (Å²) in [7, 11) is 0. The molecule has 0 unspecified atom stereocenters. The summed E-state index contributed by atoms with van der Waals surface area (Å²) in [5.74, 6) is 0. The molecule has 0 saturated heterocycles. The van der Waals surface area contributed by atoms with Crippen molar-refractivity contribution < 1.29 is 4.74 Å². The Morgan fingerprint density at radius 3 is 3.08 bits per heavy atom. The Bertz CT molecular complexity index is 216. The average molecular weight is 196 g/mol. The minimum absolute atomic E-state index is 0.845. The second kappa shape index (κ2) is 6.87. The van der Waals surface area contributed by atoms with E-state index < -0.39 is 0 Å². The molecule has 2 heteroatoms. The van der Waals surface area contributed by atoms with Gasteiger partial charge in [-0.05, 0) is 24.3 Å². The van der Waals surface area contributed by atoms with Crippen LogP contribution in [0.4, 0.5) is 0 Å². The Morgan fingerprint density at radius 2 is 2.38 bits per heavy atom. The minimum atomic E-state index is 0.845. The van der Waals surface area contributed by atoms with Crippen LogP contribution in [0.15, 0.2) is 30.2 Å². The maximum atomic E-state index is 5.47. The topological polar surface area (TPSA) is 9.23 Å². The molecule has 0 atom stereocenters. The van der Waals surface area contributed by atoms with Crippen molar-refractivity contribution in [1.29, 1.82) is 0 Å². The number of thiophene rings is 1. The third kappa shape index (κ3) is 4.86. The Labute approximate surface area is 84.1 Å². The molecule has 72 valence electrons. The molecule has 0 aromatic carbocycles. The van der Waals surface area contributed by atoms with Crippen LogP contribution in [-0.4, -0.2) is 13.2 Å². The van der Waals surface area contributed by atoms with Gasteiger partial charge in [-0.2, -0.15) is 0 Å². The van der Waals surface area contributed by atoms with Gasteiger partial charge in [-0.3, -0.25) is 0 Å². The molecule has 1 aromatic rings. The van der Waals surface area contributed by atoms with Gasteiger partial charge in [0.25, 0.3) is 0 Å². The molecule has 1 nitrogen and oxygen atoms in total. The summed E-state index contributed by atoms with van der Waals surface area (Å²) < 4.78 is 5.47. The molecule has 13 heavy (non-hydrogen) atoms. The largest absolute Gasteiger partial charge is 0.381 e. The van der Waals surface area contributed by atoms with Crippen molar-refractivity contribution in [3.63, 3.8) is 0 Å². The molecule has 0 aliphatic rings. The van der Waals surface area contributed by atoms with Gasteiger partial charge in [-0.1, -0.05) is 12.1 Å². The summed E-state index contributed by atoms with van der Waals surface area (Å²) >= 11 is 1.80. The van der Waals surface area contributed by atoms with Crippen molar-refractivity contribution in [2.75, 3.05) is 13.2 Å². The van der Waals surface area contributed by atoms with Gasteiger partial charge in [0, 0.05) is 17.9 Å². The van der Waals surface area contributed by atoms with Crippen molar-refractivity contribution in [2.45, 2.75) is 19.3 Å². The van der Waals surface area contributed by atoms with Gasteiger partial charge < -0.3 is 4.74 Å². The van der Waals surface area contributed by atoms with Crippen molar-refractivity contribution in [3.8, 4) is 0 Å². The lowest BCUT2D eigenvalue weighted by Crippen LogP contribution is -1.98. The third-order valence-corrected chi connectivity index (χ3v) is 2.71. The Morgan fingerprint density at radius 1 is 1.46 bits per heavy atom. The van der Waals surface area contributed by atoms with E-state index in [4.69, 9.17) is 4.74 Å². The summed E-state index contributed by atoms with van der Waals surface area (Å²) in [6, 6.07) is 4.23. The van der Waals surface area contributed by atoms with Crippen LogP contribution < -0.4 is 0 Å². The van der Waals surface area contributed by atoms with Gasteiger partial charge in [0.1, 0.15) is 0 Å². The van der Waals surface area contributed by atoms with E-state index >= 15 is 0 Å². The molecule has 0 aliphatic heterocycles. The minimum Gasteiger partial charge on any atom is -0.381 e. The molecule has 0 spiro atoms. The maximum absolute atomic E-state index is 5.47. The average Bonchev–Trinajstić information content (AvgIpc) is 2.63. The first-order valence-corrected chi connectivity index (χ1v) is 5.52. The van der Waals surface area contributed by atoms with E-state index in [1.54, 1.807) is 11.3 Å². The van der Waals surface area contributed by atoms with Gasteiger partial charge >= 0.3 is 0 Å². The highest BCUT2D eigenvalue weighted by Gasteiger charge is 1.93. The molecule has 0 saturated carbocycles. The van der Waals surface area contributed by atoms with Crippen LogP contribution in [0.3, 0.4) is 0 Å². The van der Waals surface area contributed by atoms with Crippen LogP contribution >= 0.6 is 11.3 Å². The second-order valence-corrected chi connectivity index (χ2v) is 3.90. The third-order valence-electron chi connectivity index (χ3n) is 1.77. The molecule has 1 heterocycles. The smallest absolute Gasteiger partial charge is 0.0514 e. The zero-order valence-electron chi connectivity index (χ0n) is 7.87.